The second kappa shape index (κ2) is 4.07. The summed E-state index contributed by atoms with van der Waals surface area (Å²) in [6, 6.07) is 8.28. The summed E-state index contributed by atoms with van der Waals surface area (Å²) in [5.74, 6) is 0. The van der Waals surface area contributed by atoms with Gasteiger partial charge in [-0.25, -0.2) is 0 Å². The molecule has 70 valence electrons. The van der Waals surface area contributed by atoms with Crippen molar-refractivity contribution in [1.29, 1.82) is 0 Å². The van der Waals surface area contributed by atoms with Crippen LogP contribution in [0.15, 0.2) is 24.3 Å². The van der Waals surface area contributed by atoms with Gasteiger partial charge in [0.1, 0.15) is 0 Å². The molecule has 0 aliphatic heterocycles. The smallest absolute Gasteiger partial charge is 0.165 e. The normalized spacial score (nSPS) is 11.5. The molecule has 0 saturated heterocycles. The maximum absolute atomic E-state index is 5.81. The topological polar surface area (TPSA) is 0 Å². The summed E-state index contributed by atoms with van der Waals surface area (Å²) in [6.45, 7) is 6.93. The van der Waals surface area contributed by atoms with Crippen LogP contribution in [0.25, 0.3) is 0 Å². The highest BCUT2D eigenvalue weighted by atomic mass is 35.5. The third-order valence-corrected chi connectivity index (χ3v) is 4.55. The molecule has 0 aliphatic carbocycles. The van der Waals surface area contributed by atoms with E-state index in [9.17, 15) is 0 Å². The van der Waals surface area contributed by atoms with E-state index in [1.165, 1.54) is 5.19 Å². The quantitative estimate of drug-likeness (QED) is 0.685. The summed E-state index contributed by atoms with van der Waals surface area (Å²) in [6.07, 6.45) is 0. The van der Waals surface area contributed by atoms with Crippen LogP contribution in [-0.4, -0.2) is 13.6 Å². The van der Waals surface area contributed by atoms with Gasteiger partial charge >= 0.3 is 5.54 Å². The van der Waals surface area contributed by atoms with Crippen LogP contribution in [-0.2, 0) is 0 Å². The second-order valence-electron chi connectivity index (χ2n) is 4.18. The molecule has 1 rings (SSSR count). The Bertz CT molecular complexity index is 294. The van der Waals surface area contributed by atoms with Crippen LogP contribution in [0, 0.1) is 0 Å². The molecule has 0 radical (unpaired) electrons. The van der Waals surface area contributed by atoms with Crippen molar-refractivity contribution in [3.8, 4) is 0 Å². The van der Waals surface area contributed by atoms with Gasteiger partial charge in [-0.1, -0.05) is 49.1 Å². The number of hydrogen-bond donors (Lipinski definition) is 0. The lowest BCUT2D eigenvalue weighted by molar-refractivity contribution is 1.71. The Hall–Kier alpha value is 0.0818. The van der Waals surface area contributed by atoms with E-state index < -0.39 is 13.6 Å². The van der Waals surface area contributed by atoms with Crippen molar-refractivity contribution in [3.05, 3.63) is 24.3 Å². The maximum Gasteiger partial charge on any atom is 0.382 e. The van der Waals surface area contributed by atoms with Gasteiger partial charge in [-0.3, -0.25) is 0 Å². The van der Waals surface area contributed by atoms with Gasteiger partial charge in [0.15, 0.2) is 0 Å². The van der Waals surface area contributed by atoms with Crippen LogP contribution in [0.5, 0.6) is 0 Å². The number of halogens is 2. The number of rotatable bonds is 2. The molecule has 0 aromatic heterocycles. The van der Waals surface area contributed by atoms with Gasteiger partial charge in [0, 0.05) is 0 Å². The molecule has 0 bridgehead atoms. The first-order valence-electron chi connectivity index (χ1n) is 4.30. The minimum Gasteiger partial charge on any atom is -0.165 e. The van der Waals surface area contributed by atoms with Gasteiger partial charge in [0.05, 0.1) is 8.07 Å². The first-order chi connectivity index (χ1) is 5.91. The van der Waals surface area contributed by atoms with Crippen molar-refractivity contribution in [2.24, 2.45) is 0 Å². The molecule has 0 saturated carbocycles. The molecule has 0 N–H and O–H groups in total. The molecule has 0 amide bonds. The first kappa shape index (κ1) is 11.2. The molecule has 0 spiro atoms. The van der Waals surface area contributed by atoms with Crippen molar-refractivity contribution in [1.82, 2.24) is 0 Å². The van der Waals surface area contributed by atoms with Crippen molar-refractivity contribution >= 4 is 47.2 Å². The van der Waals surface area contributed by atoms with E-state index in [0.29, 0.717) is 0 Å². The van der Waals surface area contributed by atoms with Crippen LogP contribution in [0.1, 0.15) is 0 Å². The molecule has 13 heavy (non-hydrogen) atoms. The Morgan fingerprint density at radius 3 is 2.23 bits per heavy atom. The van der Waals surface area contributed by atoms with E-state index in [1.807, 2.05) is 12.1 Å². The fourth-order valence-corrected chi connectivity index (χ4v) is 2.61. The van der Waals surface area contributed by atoms with Crippen molar-refractivity contribution in [2.45, 2.75) is 19.6 Å². The van der Waals surface area contributed by atoms with Gasteiger partial charge in [0.25, 0.3) is 0 Å². The van der Waals surface area contributed by atoms with Crippen LogP contribution in [0.4, 0.5) is 0 Å². The first-order valence-corrected chi connectivity index (χ1v) is 8.67. The van der Waals surface area contributed by atoms with Gasteiger partial charge in [-0.15, -0.1) is 0 Å². The zero-order valence-electron chi connectivity index (χ0n) is 8.14. The summed E-state index contributed by atoms with van der Waals surface area (Å²) < 4.78 is 0. The van der Waals surface area contributed by atoms with E-state index in [1.54, 1.807) is 0 Å². The van der Waals surface area contributed by atoms with Crippen LogP contribution in [0.2, 0.25) is 19.6 Å². The Balaban J connectivity index is 3.06. The molecular weight excluding hydrogens is 218 g/mol. The fraction of sp³-hybridized carbons (Fsp3) is 0.333. The predicted molar refractivity (Wildman–Crippen MR) is 66.5 cm³/mol. The highest BCUT2D eigenvalue weighted by Gasteiger charge is 2.18. The minimum atomic E-state index is -1.23. The van der Waals surface area contributed by atoms with Crippen LogP contribution < -0.4 is 10.6 Å². The lowest BCUT2D eigenvalue weighted by Gasteiger charge is -2.17. The van der Waals surface area contributed by atoms with E-state index in [2.05, 4.69) is 31.8 Å². The molecule has 1 aromatic carbocycles. The molecule has 1 aromatic rings. The predicted octanol–water partition coefficient (Wildman–Crippen LogP) is 2.40. The number of benzene rings is 1. The molecule has 0 nitrogen and oxygen atoms in total. The van der Waals surface area contributed by atoms with Gasteiger partial charge < -0.3 is 0 Å². The van der Waals surface area contributed by atoms with Crippen LogP contribution in [0.3, 0.4) is 0 Å². The van der Waals surface area contributed by atoms with Gasteiger partial charge in [-0.2, -0.15) is 22.9 Å². The molecular formula is C9H13BCl2Si. The Kier molecular flexibility index (Phi) is 3.50. The van der Waals surface area contributed by atoms with Gasteiger partial charge in [-0.05, 0) is 5.46 Å². The Morgan fingerprint density at radius 2 is 1.77 bits per heavy atom. The minimum absolute atomic E-state index is 0.406. The molecule has 0 unspecified atom stereocenters. The lowest BCUT2D eigenvalue weighted by atomic mass is 9.93. The second-order valence-corrected chi connectivity index (χ2v) is 10.3. The lowest BCUT2D eigenvalue weighted by Crippen LogP contribution is -2.40. The molecule has 0 fully saturated rings. The monoisotopic (exact) mass is 230 g/mol. The van der Waals surface area contributed by atoms with E-state index >= 15 is 0 Å². The van der Waals surface area contributed by atoms with E-state index in [-0.39, 0.29) is 0 Å². The molecule has 0 aliphatic rings. The molecule has 0 heterocycles. The van der Waals surface area contributed by atoms with Crippen molar-refractivity contribution in [2.75, 3.05) is 0 Å². The zero-order valence-corrected chi connectivity index (χ0v) is 10.7. The summed E-state index contributed by atoms with van der Waals surface area (Å²) >= 11 is 11.6. The fourth-order valence-electron chi connectivity index (χ4n) is 1.14. The third-order valence-electron chi connectivity index (χ3n) is 2.00. The summed E-state index contributed by atoms with van der Waals surface area (Å²) in [5, 5.41) is 1.40. The van der Waals surface area contributed by atoms with E-state index in [0.717, 1.165) is 5.46 Å². The molecule has 0 atom stereocenters. The number of hydrogen-bond acceptors (Lipinski definition) is 0. The maximum atomic E-state index is 5.81. The van der Waals surface area contributed by atoms with Crippen LogP contribution >= 0.6 is 22.9 Å². The summed E-state index contributed by atoms with van der Waals surface area (Å²) in [5.41, 5.74) is 0.597. The highest BCUT2D eigenvalue weighted by molar-refractivity contribution is 7.39. The van der Waals surface area contributed by atoms with Gasteiger partial charge in [0.2, 0.25) is 0 Å². The largest absolute Gasteiger partial charge is 0.382 e. The SMILES string of the molecule is C[Si](C)(C)c1cccc(B(Cl)Cl)c1. The van der Waals surface area contributed by atoms with E-state index in [4.69, 9.17) is 22.9 Å². The summed E-state index contributed by atoms with van der Waals surface area (Å²) in [7, 11) is -1.23. The standard InChI is InChI=1S/C9H13BCl2Si/c1-13(2,3)9-6-4-5-8(7-9)10(11)12/h4-7H,1-3H3. The highest BCUT2D eigenvalue weighted by Crippen LogP contribution is 2.03. The average Bonchev–Trinajstić information content (AvgIpc) is 2.03. The Labute approximate surface area is 91.2 Å². The Morgan fingerprint density at radius 1 is 1.15 bits per heavy atom. The summed E-state index contributed by atoms with van der Waals surface area (Å²) in [4.78, 5) is 0. The van der Waals surface area contributed by atoms with Crippen molar-refractivity contribution < 1.29 is 0 Å². The molecule has 4 heteroatoms. The third kappa shape index (κ3) is 3.05. The van der Waals surface area contributed by atoms with Crippen molar-refractivity contribution in [3.63, 3.8) is 0 Å². The average molecular weight is 231 g/mol. The zero-order chi connectivity index (χ0) is 10.1.